The van der Waals surface area contributed by atoms with Crippen LogP contribution >= 0.6 is 23.6 Å². The zero-order chi connectivity index (χ0) is 10.4. The van der Waals surface area contributed by atoms with Gasteiger partial charge in [0, 0.05) is 6.04 Å². The summed E-state index contributed by atoms with van der Waals surface area (Å²) in [6, 6.07) is 0.535. The molecule has 1 saturated carbocycles. The van der Waals surface area contributed by atoms with Gasteiger partial charge < -0.3 is 10.3 Å². The summed E-state index contributed by atoms with van der Waals surface area (Å²) in [5.41, 5.74) is 0.395. The Morgan fingerprint density at radius 2 is 2.27 bits per heavy atom. The van der Waals surface area contributed by atoms with E-state index in [1.54, 1.807) is 0 Å². The zero-order valence-corrected chi connectivity index (χ0v) is 9.30. The summed E-state index contributed by atoms with van der Waals surface area (Å²) in [5, 5.41) is 4.04. The van der Waals surface area contributed by atoms with E-state index in [0.29, 0.717) is 21.2 Å². The highest BCUT2D eigenvalue weighted by Gasteiger charge is 2.22. The fraction of sp³-hybridized carbons (Fsp3) is 0.375. The third-order valence-corrected chi connectivity index (χ3v) is 3.39. The quantitative estimate of drug-likeness (QED) is 0.697. The Hall–Kier alpha value is -1.21. The molecule has 2 aromatic rings. The molecule has 0 bridgehead atoms. The minimum atomic E-state index is -0.171. The van der Waals surface area contributed by atoms with Gasteiger partial charge in [0.15, 0.2) is 15.5 Å². The molecule has 5 nitrogen and oxygen atoms in total. The Labute approximate surface area is 93.6 Å². The van der Waals surface area contributed by atoms with E-state index in [-0.39, 0.29) is 5.56 Å². The van der Waals surface area contributed by atoms with Crippen molar-refractivity contribution in [3.05, 3.63) is 15.1 Å². The summed E-state index contributed by atoms with van der Waals surface area (Å²) >= 11 is 6.23. The van der Waals surface area contributed by atoms with Crippen molar-refractivity contribution in [3.63, 3.8) is 0 Å². The van der Waals surface area contributed by atoms with Crippen LogP contribution < -0.4 is 10.9 Å². The normalized spacial score (nSPS) is 15.7. The minimum Gasteiger partial charge on any atom is -0.359 e. The number of anilines is 1. The van der Waals surface area contributed by atoms with Gasteiger partial charge in [0.25, 0.3) is 5.56 Å². The Morgan fingerprint density at radius 1 is 1.47 bits per heavy atom. The van der Waals surface area contributed by atoms with Gasteiger partial charge in [0.2, 0.25) is 0 Å². The number of hydrogen-bond donors (Lipinski definition) is 3. The first-order chi connectivity index (χ1) is 7.22. The van der Waals surface area contributed by atoms with Gasteiger partial charge in [-0.25, -0.2) is 4.98 Å². The maximum absolute atomic E-state index is 11.5. The molecule has 0 radical (unpaired) electrons. The first-order valence-corrected chi connectivity index (χ1v) is 5.84. The van der Waals surface area contributed by atoms with Crippen LogP contribution in [0.3, 0.4) is 0 Å². The van der Waals surface area contributed by atoms with E-state index >= 15 is 0 Å². The number of rotatable bonds is 2. The third-order valence-electron chi connectivity index (χ3n) is 2.20. The molecule has 0 atom stereocenters. The fourth-order valence-electron chi connectivity index (χ4n) is 1.32. The number of nitrogens with zero attached hydrogens (tertiary/aromatic N) is 1. The number of aromatic amines is 2. The van der Waals surface area contributed by atoms with Crippen molar-refractivity contribution in [2.24, 2.45) is 0 Å². The highest BCUT2D eigenvalue weighted by atomic mass is 32.1. The maximum atomic E-state index is 11.5. The molecule has 7 heteroatoms. The van der Waals surface area contributed by atoms with E-state index in [9.17, 15) is 4.79 Å². The second-order valence-electron chi connectivity index (χ2n) is 3.52. The van der Waals surface area contributed by atoms with Crippen LogP contribution in [-0.2, 0) is 0 Å². The van der Waals surface area contributed by atoms with Crippen LogP contribution in [0.2, 0.25) is 0 Å². The van der Waals surface area contributed by atoms with E-state index in [4.69, 9.17) is 12.2 Å². The summed E-state index contributed by atoms with van der Waals surface area (Å²) in [7, 11) is 0. The summed E-state index contributed by atoms with van der Waals surface area (Å²) < 4.78 is 0.905. The zero-order valence-electron chi connectivity index (χ0n) is 7.66. The summed E-state index contributed by atoms with van der Waals surface area (Å²) in [6.45, 7) is 0. The summed E-state index contributed by atoms with van der Waals surface area (Å²) in [4.78, 5) is 21.2. The largest absolute Gasteiger partial charge is 0.359 e. The molecular weight excluding hydrogens is 232 g/mol. The van der Waals surface area contributed by atoms with Crippen LogP contribution in [0.1, 0.15) is 12.8 Å². The molecule has 78 valence electrons. The number of fused-ring (bicyclic) bond motifs is 1. The smallest absolute Gasteiger partial charge is 0.271 e. The molecule has 1 aliphatic rings. The Morgan fingerprint density at radius 3 is 3.00 bits per heavy atom. The highest BCUT2D eigenvalue weighted by Crippen LogP contribution is 2.28. The van der Waals surface area contributed by atoms with Crippen molar-refractivity contribution >= 4 is 39.0 Å². The minimum absolute atomic E-state index is 0.171. The van der Waals surface area contributed by atoms with E-state index in [0.717, 1.165) is 5.13 Å². The van der Waals surface area contributed by atoms with Crippen LogP contribution in [0, 0.1) is 4.77 Å². The van der Waals surface area contributed by atoms with Gasteiger partial charge in [-0.1, -0.05) is 11.3 Å². The third kappa shape index (κ3) is 1.68. The van der Waals surface area contributed by atoms with Crippen LogP contribution in [0.15, 0.2) is 4.79 Å². The van der Waals surface area contributed by atoms with Crippen molar-refractivity contribution in [3.8, 4) is 0 Å². The summed E-state index contributed by atoms with van der Waals surface area (Å²) in [6.07, 6.45) is 2.37. The lowest BCUT2D eigenvalue weighted by Gasteiger charge is -1.94. The Bertz CT molecular complexity index is 621. The fourth-order valence-corrected chi connectivity index (χ4v) is 2.40. The lowest BCUT2D eigenvalue weighted by molar-refractivity contribution is 1.11. The van der Waals surface area contributed by atoms with Gasteiger partial charge in [0.05, 0.1) is 0 Å². The van der Waals surface area contributed by atoms with Crippen molar-refractivity contribution in [2.45, 2.75) is 18.9 Å². The second-order valence-corrected chi connectivity index (χ2v) is 4.93. The molecule has 0 unspecified atom stereocenters. The standard InChI is InChI=1S/C8H8N4OS2/c13-6-4-5(10-7(14)12-6)11-8(15-4)9-3-1-2-3/h3H,1-2H2,(H3,9,10,11,12,13,14). The second kappa shape index (κ2) is 3.14. The van der Waals surface area contributed by atoms with Gasteiger partial charge in [-0.05, 0) is 25.1 Å². The average molecular weight is 240 g/mol. The highest BCUT2D eigenvalue weighted by molar-refractivity contribution is 7.71. The molecule has 15 heavy (non-hydrogen) atoms. The molecular formula is C8H8N4OS2. The molecule has 1 fully saturated rings. The first kappa shape index (κ1) is 9.05. The summed E-state index contributed by atoms with van der Waals surface area (Å²) in [5.74, 6) is 0. The van der Waals surface area contributed by atoms with Gasteiger partial charge in [-0.15, -0.1) is 0 Å². The number of aromatic nitrogens is 3. The molecule has 2 heterocycles. The number of hydrogen-bond acceptors (Lipinski definition) is 5. The predicted molar refractivity (Wildman–Crippen MR) is 62.1 cm³/mol. The average Bonchev–Trinajstić information content (AvgIpc) is 2.85. The topological polar surface area (TPSA) is 73.6 Å². The van der Waals surface area contributed by atoms with Gasteiger partial charge in [0.1, 0.15) is 4.70 Å². The van der Waals surface area contributed by atoms with E-state index in [1.165, 1.54) is 24.2 Å². The molecule has 0 spiro atoms. The molecule has 0 saturated heterocycles. The molecule has 3 N–H and O–H groups in total. The van der Waals surface area contributed by atoms with Crippen molar-refractivity contribution in [2.75, 3.05) is 5.32 Å². The van der Waals surface area contributed by atoms with Crippen LogP contribution in [-0.4, -0.2) is 21.0 Å². The lowest BCUT2D eigenvalue weighted by atomic mass is 10.6. The van der Waals surface area contributed by atoms with Crippen LogP contribution in [0.25, 0.3) is 10.3 Å². The van der Waals surface area contributed by atoms with Crippen molar-refractivity contribution in [1.82, 2.24) is 15.0 Å². The van der Waals surface area contributed by atoms with Crippen molar-refractivity contribution in [1.29, 1.82) is 0 Å². The first-order valence-electron chi connectivity index (χ1n) is 4.62. The number of thiazole rings is 1. The monoisotopic (exact) mass is 240 g/mol. The molecule has 0 aliphatic heterocycles. The van der Waals surface area contributed by atoms with Crippen LogP contribution in [0.4, 0.5) is 5.13 Å². The van der Waals surface area contributed by atoms with Gasteiger partial charge in [-0.2, -0.15) is 0 Å². The Balaban J connectivity index is 2.15. The van der Waals surface area contributed by atoms with Gasteiger partial charge in [-0.3, -0.25) is 9.78 Å². The van der Waals surface area contributed by atoms with Crippen LogP contribution in [0.5, 0.6) is 0 Å². The maximum Gasteiger partial charge on any atom is 0.271 e. The van der Waals surface area contributed by atoms with Crippen molar-refractivity contribution < 1.29 is 0 Å². The molecule has 0 amide bonds. The number of H-pyrrole nitrogens is 2. The number of nitrogens with one attached hydrogen (secondary N) is 3. The van der Waals surface area contributed by atoms with Gasteiger partial charge >= 0.3 is 0 Å². The van der Waals surface area contributed by atoms with E-state index in [1.807, 2.05) is 0 Å². The van der Waals surface area contributed by atoms with E-state index < -0.39 is 0 Å². The Kier molecular flexibility index (Phi) is 1.89. The molecule has 1 aliphatic carbocycles. The molecule has 3 rings (SSSR count). The predicted octanol–water partition coefficient (Wildman–Crippen LogP) is 1.62. The van der Waals surface area contributed by atoms with E-state index in [2.05, 4.69) is 20.3 Å². The molecule has 0 aromatic carbocycles. The SMILES string of the molecule is O=c1[nH]c(=S)[nH]c2nc(NC3CC3)sc12. The lowest BCUT2D eigenvalue weighted by Crippen LogP contribution is -2.05. The molecule has 2 aromatic heterocycles.